The van der Waals surface area contributed by atoms with Gasteiger partial charge in [0.1, 0.15) is 0 Å². The fraction of sp³-hybridized carbons (Fsp3) is 0.500. The summed E-state index contributed by atoms with van der Waals surface area (Å²) in [5.74, 6) is 0.928. The van der Waals surface area contributed by atoms with E-state index in [-0.39, 0.29) is 0 Å². The van der Waals surface area contributed by atoms with Gasteiger partial charge in [0.2, 0.25) is 0 Å². The molecule has 0 N–H and O–H groups in total. The highest BCUT2D eigenvalue weighted by Crippen LogP contribution is 1.94. The molecule has 3 heteroatoms. The summed E-state index contributed by atoms with van der Waals surface area (Å²) in [6, 6.07) is 0. The van der Waals surface area contributed by atoms with Crippen molar-refractivity contribution in [3.63, 3.8) is 0 Å². The van der Waals surface area contributed by atoms with Crippen LogP contribution in [-0.4, -0.2) is 21.3 Å². The molecule has 0 saturated heterocycles. The number of hydrogen-bond donors (Lipinski definition) is 0. The molecule has 0 saturated carbocycles. The highest BCUT2D eigenvalue weighted by Gasteiger charge is 1.85. The zero-order chi connectivity index (χ0) is 7.28. The van der Waals surface area contributed by atoms with E-state index in [1.807, 2.05) is 19.9 Å². The Morgan fingerprint density at radius 2 is 2.22 bits per heavy atom. The summed E-state index contributed by atoms with van der Waals surface area (Å²) in [7, 11) is 1.08. The summed E-state index contributed by atoms with van der Waals surface area (Å²) < 4.78 is 5.19. The first-order chi connectivity index (χ1) is 4.16. The molecule has 0 amide bonds. The summed E-state index contributed by atoms with van der Waals surface area (Å²) >= 11 is 4.84. The Kier molecular flexibility index (Phi) is 4.62. The molecule has 0 radical (unpaired) electrons. The lowest BCUT2D eigenvalue weighted by molar-refractivity contribution is 0.271. The van der Waals surface area contributed by atoms with Gasteiger partial charge >= 0.3 is 0 Å². The largest absolute Gasteiger partial charge is 0.503 e. The molecule has 0 aliphatic carbocycles. The summed E-state index contributed by atoms with van der Waals surface area (Å²) in [4.78, 5) is 0.877. The van der Waals surface area contributed by atoms with Gasteiger partial charge in [-0.2, -0.15) is 0 Å². The number of rotatable bonds is 3. The first kappa shape index (κ1) is 8.85. The molecule has 0 rings (SSSR count). The third-order valence-corrected chi connectivity index (χ3v) is 1.19. The Labute approximate surface area is 64.5 Å². The van der Waals surface area contributed by atoms with Crippen molar-refractivity contribution in [2.75, 3.05) is 6.23 Å². The number of allylic oxidation sites excluding steroid dienone is 2. The third-order valence-electron chi connectivity index (χ3n) is 0.779. The SMILES string of the molecule is CC(=S)/C=C(/C)OC[SiH3]. The van der Waals surface area contributed by atoms with Crippen LogP contribution in [-0.2, 0) is 4.74 Å². The fourth-order valence-corrected chi connectivity index (χ4v) is 1.18. The molecule has 9 heavy (non-hydrogen) atoms. The quantitative estimate of drug-likeness (QED) is 0.259. The molecule has 1 nitrogen and oxygen atoms in total. The van der Waals surface area contributed by atoms with Crippen LogP contribution in [0.4, 0.5) is 0 Å². The Morgan fingerprint density at radius 1 is 1.67 bits per heavy atom. The van der Waals surface area contributed by atoms with Crippen LogP contribution >= 0.6 is 12.2 Å². The van der Waals surface area contributed by atoms with Crippen molar-refractivity contribution in [2.45, 2.75) is 13.8 Å². The van der Waals surface area contributed by atoms with Crippen LogP contribution in [0.3, 0.4) is 0 Å². The smallest absolute Gasteiger partial charge is 0.0934 e. The van der Waals surface area contributed by atoms with E-state index < -0.39 is 0 Å². The molecular formula is C6H12OSSi. The lowest BCUT2D eigenvalue weighted by Gasteiger charge is -2.00. The minimum absolute atomic E-state index is 0.852. The Morgan fingerprint density at radius 3 is 2.56 bits per heavy atom. The van der Waals surface area contributed by atoms with Crippen molar-refractivity contribution in [2.24, 2.45) is 0 Å². The molecule has 52 valence electrons. The molecule has 0 spiro atoms. The van der Waals surface area contributed by atoms with Crippen molar-refractivity contribution in [3.05, 3.63) is 11.8 Å². The van der Waals surface area contributed by atoms with Crippen molar-refractivity contribution in [1.29, 1.82) is 0 Å². The van der Waals surface area contributed by atoms with E-state index in [9.17, 15) is 0 Å². The average Bonchev–Trinajstić information content (AvgIpc) is 1.63. The van der Waals surface area contributed by atoms with E-state index in [1.54, 1.807) is 0 Å². The van der Waals surface area contributed by atoms with Crippen LogP contribution in [0, 0.1) is 0 Å². The standard InChI is InChI=1S/C6H12OSSi/c1-5(7-4-9)3-6(2)8/h3H,4H2,1-2,9H3/b5-3-. The maximum atomic E-state index is 5.19. The Bertz CT molecular complexity index is 131. The molecular weight excluding hydrogens is 148 g/mol. The Hall–Kier alpha value is -0.153. The topological polar surface area (TPSA) is 9.23 Å². The van der Waals surface area contributed by atoms with Crippen molar-refractivity contribution in [1.82, 2.24) is 0 Å². The highest BCUT2D eigenvalue weighted by atomic mass is 32.1. The van der Waals surface area contributed by atoms with Crippen LogP contribution in [0.25, 0.3) is 0 Å². The average molecular weight is 160 g/mol. The van der Waals surface area contributed by atoms with Gasteiger partial charge in [0.15, 0.2) is 0 Å². The Balaban J connectivity index is 3.69. The summed E-state index contributed by atoms with van der Waals surface area (Å²) in [6.07, 6.45) is 2.72. The van der Waals surface area contributed by atoms with E-state index in [2.05, 4.69) is 0 Å². The van der Waals surface area contributed by atoms with Crippen molar-refractivity contribution >= 4 is 27.3 Å². The molecule has 0 fully saturated rings. The van der Waals surface area contributed by atoms with Gasteiger partial charge in [0.05, 0.1) is 22.2 Å². The van der Waals surface area contributed by atoms with E-state index in [1.165, 1.54) is 0 Å². The number of ether oxygens (including phenoxy) is 1. The molecule has 0 bridgehead atoms. The summed E-state index contributed by atoms with van der Waals surface area (Å²) in [6.45, 7) is 3.81. The number of thiocarbonyl (C=S) groups is 1. The first-order valence-electron chi connectivity index (χ1n) is 2.98. The van der Waals surface area contributed by atoms with Crippen LogP contribution in [0.1, 0.15) is 13.8 Å². The normalized spacial score (nSPS) is 11.6. The second-order valence-electron chi connectivity index (χ2n) is 1.80. The van der Waals surface area contributed by atoms with Gasteiger partial charge < -0.3 is 4.74 Å². The summed E-state index contributed by atoms with van der Waals surface area (Å²) in [5.41, 5.74) is 0. The van der Waals surface area contributed by atoms with E-state index >= 15 is 0 Å². The molecule has 0 aromatic carbocycles. The molecule has 0 aromatic rings. The van der Waals surface area contributed by atoms with Gasteiger partial charge in [-0.05, 0) is 19.9 Å². The molecule has 0 aliphatic heterocycles. The van der Waals surface area contributed by atoms with Crippen LogP contribution in [0.15, 0.2) is 11.8 Å². The third kappa shape index (κ3) is 5.72. The molecule has 0 unspecified atom stereocenters. The maximum absolute atomic E-state index is 5.19. The van der Waals surface area contributed by atoms with Crippen molar-refractivity contribution < 1.29 is 4.74 Å². The minimum atomic E-state index is 0.852. The lowest BCUT2D eigenvalue weighted by Crippen LogP contribution is -1.92. The van der Waals surface area contributed by atoms with Gasteiger partial charge in [0.25, 0.3) is 0 Å². The van der Waals surface area contributed by atoms with E-state index in [0.717, 1.165) is 27.1 Å². The van der Waals surface area contributed by atoms with Gasteiger partial charge in [0, 0.05) is 4.86 Å². The predicted octanol–water partition coefficient (Wildman–Crippen LogP) is 0.619. The monoisotopic (exact) mass is 160 g/mol. The van der Waals surface area contributed by atoms with Crippen molar-refractivity contribution in [3.8, 4) is 0 Å². The maximum Gasteiger partial charge on any atom is 0.0934 e. The van der Waals surface area contributed by atoms with E-state index in [4.69, 9.17) is 17.0 Å². The predicted molar refractivity (Wildman–Crippen MR) is 47.9 cm³/mol. The second kappa shape index (κ2) is 4.70. The molecule has 0 aromatic heterocycles. The fourth-order valence-electron chi connectivity index (χ4n) is 0.556. The molecule has 0 atom stereocenters. The second-order valence-corrected chi connectivity index (χ2v) is 3.02. The van der Waals surface area contributed by atoms with Crippen LogP contribution < -0.4 is 0 Å². The van der Waals surface area contributed by atoms with Gasteiger partial charge in [-0.25, -0.2) is 0 Å². The van der Waals surface area contributed by atoms with Gasteiger partial charge in [-0.15, -0.1) is 0 Å². The highest BCUT2D eigenvalue weighted by molar-refractivity contribution is 7.80. The first-order valence-corrected chi connectivity index (χ1v) is 4.80. The number of hydrogen-bond acceptors (Lipinski definition) is 2. The van der Waals surface area contributed by atoms with Crippen LogP contribution in [0.5, 0.6) is 0 Å². The van der Waals surface area contributed by atoms with E-state index in [0.29, 0.717) is 0 Å². The zero-order valence-electron chi connectivity index (χ0n) is 6.10. The zero-order valence-corrected chi connectivity index (χ0v) is 8.92. The molecule has 0 aliphatic rings. The lowest BCUT2D eigenvalue weighted by atomic mass is 10.4. The van der Waals surface area contributed by atoms with Crippen LogP contribution in [0.2, 0.25) is 0 Å². The van der Waals surface area contributed by atoms with Gasteiger partial charge in [-0.3, -0.25) is 0 Å². The van der Waals surface area contributed by atoms with Gasteiger partial charge in [-0.1, -0.05) is 12.2 Å². The molecule has 0 heterocycles. The minimum Gasteiger partial charge on any atom is -0.503 e. The summed E-state index contributed by atoms with van der Waals surface area (Å²) in [5, 5.41) is 0.